The number of methoxy groups -OCH3 is 1. The third-order valence-corrected chi connectivity index (χ3v) is 3.64. The van der Waals surface area contributed by atoms with Gasteiger partial charge in [0.25, 0.3) is 0 Å². The van der Waals surface area contributed by atoms with Gasteiger partial charge in [-0.15, -0.1) is 0 Å². The summed E-state index contributed by atoms with van der Waals surface area (Å²) < 4.78 is 10.7. The molecule has 6 nitrogen and oxygen atoms in total. The van der Waals surface area contributed by atoms with Crippen LogP contribution in [0, 0.1) is 0 Å². The summed E-state index contributed by atoms with van der Waals surface area (Å²) in [5, 5.41) is 0. The predicted octanol–water partition coefficient (Wildman–Crippen LogP) is 1.16. The Morgan fingerprint density at radius 3 is 2.64 bits per heavy atom. The highest BCUT2D eigenvalue weighted by Gasteiger charge is 2.26. The second kappa shape index (κ2) is 7.56. The molecule has 1 aromatic heterocycles. The second-order valence-corrected chi connectivity index (χ2v) is 5.94. The molecular formula is C16H25N3O3. The van der Waals surface area contributed by atoms with E-state index in [1.54, 1.807) is 13.3 Å². The molecule has 2 rings (SSSR count). The summed E-state index contributed by atoms with van der Waals surface area (Å²) >= 11 is 0. The average molecular weight is 307 g/mol. The minimum absolute atomic E-state index is 0.101. The van der Waals surface area contributed by atoms with Gasteiger partial charge in [-0.2, -0.15) is 0 Å². The number of hydrogen-bond acceptors (Lipinski definition) is 5. The van der Waals surface area contributed by atoms with Gasteiger partial charge in [0.05, 0.1) is 25.9 Å². The van der Waals surface area contributed by atoms with Crippen molar-refractivity contribution in [2.45, 2.75) is 32.6 Å². The highest BCUT2D eigenvalue weighted by molar-refractivity contribution is 5.78. The summed E-state index contributed by atoms with van der Waals surface area (Å²) in [5.74, 6) is 0.741. The van der Waals surface area contributed by atoms with Crippen molar-refractivity contribution < 1.29 is 14.3 Å². The normalized spacial score (nSPS) is 22.0. The maximum Gasteiger partial charge on any atom is 0.236 e. The topological polar surface area (TPSA) is 54.9 Å². The Morgan fingerprint density at radius 1 is 1.41 bits per heavy atom. The van der Waals surface area contributed by atoms with Gasteiger partial charge in [0.15, 0.2) is 0 Å². The van der Waals surface area contributed by atoms with E-state index in [2.05, 4.69) is 4.98 Å². The number of rotatable bonds is 5. The van der Waals surface area contributed by atoms with E-state index in [-0.39, 0.29) is 18.1 Å². The van der Waals surface area contributed by atoms with Gasteiger partial charge in [0.1, 0.15) is 0 Å². The number of nitrogens with zero attached hydrogens (tertiary/aromatic N) is 3. The molecule has 2 heterocycles. The molecule has 1 aliphatic rings. The van der Waals surface area contributed by atoms with E-state index in [1.165, 1.54) is 0 Å². The molecule has 0 aliphatic carbocycles. The molecule has 22 heavy (non-hydrogen) atoms. The molecule has 0 N–H and O–H groups in total. The van der Waals surface area contributed by atoms with Gasteiger partial charge in [-0.05, 0) is 26.5 Å². The summed E-state index contributed by atoms with van der Waals surface area (Å²) in [4.78, 5) is 20.4. The lowest BCUT2D eigenvalue weighted by Crippen LogP contribution is -2.50. The first-order chi connectivity index (χ1) is 10.5. The molecule has 1 aliphatic heterocycles. The number of hydrogen-bond donors (Lipinski definition) is 0. The number of amides is 1. The van der Waals surface area contributed by atoms with Crippen molar-refractivity contribution >= 4 is 5.91 Å². The highest BCUT2D eigenvalue weighted by atomic mass is 16.5. The van der Waals surface area contributed by atoms with Crippen LogP contribution in [0.1, 0.15) is 19.4 Å². The molecule has 0 radical (unpaired) electrons. The third-order valence-electron chi connectivity index (χ3n) is 3.64. The van der Waals surface area contributed by atoms with E-state index in [0.717, 1.165) is 5.56 Å². The van der Waals surface area contributed by atoms with Crippen LogP contribution in [-0.2, 0) is 16.1 Å². The molecule has 1 aromatic rings. The van der Waals surface area contributed by atoms with Crippen LogP contribution < -0.4 is 4.74 Å². The van der Waals surface area contributed by atoms with E-state index >= 15 is 0 Å². The van der Waals surface area contributed by atoms with Crippen LogP contribution in [0.25, 0.3) is 0 Å². The molecule has 2 atom stereocenters. The monoisotopic (exact) mass is 307 g/mol. The first-order valence-electron chi connectivity index (χ1n) is 7.58. The Labute approximate surface area is 132 Å². The van der Waals surface area contributed by atoms with Crippen molar-refractivity contribution in [1.29, 1.82) is 0 Å². The van der Waals surface area contributed by atoms with Crippen molar-refractivity contribution in [3.05, 3.63) is 23.9 Å². The summed E-state index contributed by atoms with van der Waals surface area (Å²) in [5.41, 5.74) is 1.06. The quantitative estimate of drug-likeness (QED) is 0.817. The number of pyridine rings is 1. The molecule has 1 saturated heterocycles. The zero-order valence-corrected chi connectivity index (χ0v) is 13.8. The highest BCUT2D eigenvalue weighted by Crippen LogP contribution is 2.12. The summed E-state index contributed by atoms with van der Waals surface area (Å²) in [6.45, 7) is 6.41. The lowest BCUT2D eigenvalue weighted by molar-refractivity contribution is -0.144. The fourth-order valence-corrected chi connectivity index (χ4v) is 2.71. The number of aromatic nitrogens is 1. The van der Waals surface area contributed by atoms with Gasteiger partial charge in [0.2, 0.25) is 11.8 Å². The number of carbonyl (C=O) groups excluding carboxylic acids is 1. The van der Waals surface area contributed by atoms with E-state index in [1.807, 2.05) is 42.8 Å². The van der Waals surface area contributed by atoms with Crippen molar-refractivity contribution in [2.75, 3.05) is 33.8 Å². The van der Waals surface area contributed by atoms with Crippen LogP contribution in [-0.4, -0.2) is 66.7 Å². The lowest BCUT2D eigenvalue weighted by atomic mass is 10.2. The largest absolute Gasteiger partial charge is 0.481 e. The summed E-state index contributed by atoms with van der Waals surface area (Å²) in [6.07, 6.45) is 1.98. The molecule has 0 spiro atoms. The van der Waals surface area contributed by atoms with Gasteiger partial charge in [-0.1, -0.05) is 6.07 Å². The Balaban J connectivity index is 1.85. The summed E-state index contributed by atoms with van der Waals surface area (Å²) in [7, 11) is 3.53. The fourth-order valence-electron chi connectivity index (χ4n) is 2.71. The van der Waals surface area contributed by atoms with Crippen molar-refractivity contribution in [3.63, 3.8) is 0 Å². The van der Waals surface area contributed by atoms with E-state index < -0.39 is 0 Å². The zero-order chi connectivity index (χ0) is 16.1. The Bertz CT molecular complexity index is 482. The summed E-state index contributed by atoms with van der Waals surface area (Å²) in [6, 6.07) is 3.79. The van der Waals surface area contributed by atoms with E-state index in [0.29, 0.717) is 32.1 Å². The van der Waals surface area contributed by atoms with Gasteiger partial charge < -0.3 is 14.4 Å². The molecule has 1 amide bonds. The molecule has 1 fully saturated rings. The molecule has 0 saturated carbocycles. The van der Waals surface area contributed by atoms with Crippen LogP contribution in [0.3, 0.4) is 0 Å². The number of ether oxygens (including phenoxy) is 2. The van der Waals surface area contributed by atoms with Crippen LogP contribution in [0.4, 0.5) is 0 Å². The number of morpholine rings is 1. The molecule has 6 heteroatoms. The van der Waals surface area contributed by atoms with E-state index in [4.69, 9.17) is 9.47 Å². The maximum atomic E-state index is 12.4. The maximum absolute atomic E-state index is 12.4. The third kappa shape index (κ3) is 4.68. The second-order valence-electron chi connectivity index (χ2n) is 5.94. The average Bonchev–Trinajstić information content (AvgIpc) is 2.47. The number of likely N-dealkylation sites (N-methyl/N-ethyl adjacent to an activating group) is 1. The van der Waals surface area contributed by atoms with Crippen LogP contribution in [0.5, 0.6) is 5.88 Å². The Hall–Kier alpha value is -1.66. The molecule has 0 unspecified atom stereocenters. The minimum Gasteiger partial charge on any atom is -0.481 e. The molecule has 0 aromatic carbocycles. The molecule has 122 valence electrons. The number of carbonyl (C=O) groups is 1. The predicted molar refractivity (Wildman–Crippen MR) is 83.7 cm³/mol. The zero-order valence-electron chi connectivity index (χ0n) is 13.8. The first-order valence-corrected chi connectivity index (χ1v) is 7.58. The van der Waals surface area contributed by atoms with Crippen molar-refractivity contribution in [2.24, 2.45) is 0 Å². The fraction of sp³-hybridized carbons (Fsp3) is 0.625. The van der Waals surface area contributed by atoms with Crippen LogP contribution >= 0.6 is 0 Å². The van der Waals surface area contributed by atoms with Gasteiger partial charge >= 0.3 is 0 Å². The van der Waals surface area contributed by atoms with Crippen LogP contribution in [0.2, 0.25) is 0 Å². The van der Waals surface area contributed by atoms with Crippen molar-refractivity contribution in [1.82, 2.24) is 14.8 Å². The Kier molecular flexibility index (Phi) is 5.74. The van der Waals surface area contributed by atoms with Crippen LogP contribution in [0.15, 0.2) is 18.3 Å². The minimum atomic E-state index is 0.101. The first kappa shape index (κ1) is 16.7. The van der Waals surface area contributed by atoms with E-state index in [9.17, 15) is 4.79 Å². The van der Waals surface area contributed by atoms with Gasteiger partial charge in [-0.3, -0.25) is 9.69 Å². The van der Waals surface area contributed by atoms with Gasteiger partial charge in [-0.25, -0.2) is 4.98 Å². The molecule has 0 bridgehead atoms. The lowest BCUT2D eigenvalue weighted by Gasteiger charge is -2.36. The Morgan fingerprint density at radius 2 is 2.09 bits per heavy atom. The smallest absolute Gasteiger partial charge is 0.236 e. The molecular weight excluding hydrogens is 282 g/mol. The van der Waals surface area contributed by atoms with Crippen molar-refractivity contribution in [3.8, 4) is 5.88 Å². The SMILES string of the molecule is COc1ccc(CN(C)CC(=O)N2C[C@@H](C)O[C@H](C)C2)cn1. The standard InChI is InChI=1S/C16H25N3O3/c1-12-8-19(9-13(2)22-12)16(20)11-18(3)10-14-5-6-15(21-4)17-7-14/h5-7,12-13H,8-11H2,1-4H3/t12-,13-/m1/s1. The van der Waals surface area contributed by atoms with Gasteiger partial charge in [0, 0.05) is 31.9 Å².